The molecule has 2 aliphatic rings. The van der Waals surface area contributed by atoms with Gasteiger partial charge in [0.15, 0.2) is 0 Å². The fourth-order valence-electron chi connectivity index (χ4n) is 4.63. The van der Waals surface area contributed by atoms with Crippen LogP contribution in [0.25, 0.3) is 11.5 Å². The van der Waals surface area contributed by atoms with Gasteiger partial charge in [0.1, 0.15) is 0 Å². The van der Waals surface area contributed by atoms with Gasteiger partial charge in [0.2, 0.25) is 11.8 Å². The van der Waals surface area contributed by atoms with Gasteiger partial charge >= 0.3 is 0 Å². The Bertz CT molecular complexity index is 743. The summed E-state index contributed by atoms with van der Waals surface area (Å²) in [7, 11) is 0. The van der Waals surface area contributed by atoms with E-state index in [4.69, 9.17) is 15.9 Å². The van der Waals surface area contributed by atoms with Gasteiger partial charge in [-0.1, -0.05) is 12.8 Å². The topological polar surface area (TPSA) is 94.2 Å². The summed E-state index contributed by atoms with van der Waals surface area (Å²) in [6.07, 6.45) is 6.89. The third-order valence-corrected chi connectivity index (χ3v) is 6.25. The Morgan fingerprint density at radius 2 is 1.92 bits per heavy atom. The average molecular weight is 355 g/mol. The van der Waals surface area contributed by atoms with Crippen molar-refractivity contribution in [3.05, 3.63) is 30.2 Å². The third kappa shape index (κ3) is 3.23. The lowest BCUT2D eigenvalue weighted by Crippen LogP contribution is -2.64. The summed E-state index contributed by atoms with van der Waals surface area (Å²) in [5.41, 5.74) is 15.3. The molecule has 26 heavy (non-hydrogen) atoms. The van der Waals surface area contributed by atoms with E-state index in [1.807, 2.05) is 0 Å². The van der Waals surface area contributed by atoms with Crippen LogP contribution in [-0.4, -0.2) is 34.9 Å². The molecule has 2 heterocycles. The second-order valence-corrected chi connectivity index (χ2v) is 7.92. The molecular formula is C20H29N5O. The van der Waals surface area contributed by atoms with Crippen molar-refractivity contribution in [2.24, 2.45) is 17.4 Å². The van der Waals surface area contributed by atoms with E-state index in [1.165, 1.54) is 31.4 Å². The normalized spacial score (nSPS) is 29.7. The molecule has 140 valence electrons. The number of piperidine rings is 1. The Kier molecular flexibility index (Phi) is 4.71. The fourth-order valence-corrected chi connectivity index (χ4v) is 4.63. The average Bonchev–Trinajstić information content (AvgIpc) is 3.11. The highest BCUT2D eigenvalue weighted by molar-refractivity contribution is 5.59. The molecule has 0 bridgehead atoms. The van der Waals surface area contributed by atoms with E-state index in [2.05, 4.69) is 39.4 Å². The minimum Gasteiger partial charge on any atom is -0.421 e. The quantitative estimate of drug-likeness (QED) is 0.879. The first-order valence-corrected chi connectivity index (χ1v) is 9.76. The summed E-state index contributed by atoms with van der Waals surface area (Å²) in [6.45, 7) is 3.86. The van der Waals surface area contributed by atoms with E-state index in [9.17, 15) is 0 Å². The minimum absolute atomic E-state index is 0.129. The van der Waals surface area contributed by atoms with Crippen LogP contribution in [0, 0.1) is 12.8 Å². The van der Waals surface area contributed by atoms with Gasteiger partial charge < -0.3 is 20.8 Å². The van der Waals surface area contributed by atoms with Crippen LogP contribution >= 0.6 is 0 Å². The second kappa shape index (κ2) is 7.00. The fraction of sp³-hybridized carbons (Fsp3) is 0.600. The van der Waals surface area contributed by atoms with Crippen molar-refractivity contribution in [1.29, 1.82) is 0 Å². The molecule has 1 saturated heterocycles. The Morgan fingerprint density at radius 3 is 2.62 bits per heavy atom. The van der Waals surface area contributed by atoms with E-state index in [0.717, 1.165) is 31.5 Å². The lowest BCUT2D eigenvalue weighted by atomic mass is 9.68. The van der Waals surface area contributed by atoms with Gasteiger partial charge in [0.25, 0.3) is 0 Å². The van der Waals surface area contributed by atoms with E-state index in [1.54, 1.807) is 6.92 Å². The van der Waals surface area contributed by atoms with E-state index in [0.29, 0.717) is 17.7 Å². The molecule has 0 amide bonds. The van der Waals surface area contributed by atoms with Gasteiger partial charge in [-0.05, 0) is 55.9 Å². The molecule has 2 fully saturated rings. The molecule has 6 nitrogen and oxygen atoms in total. The van der Waals surface area contributed by atoms with E-state index < -0.39 is 0 Å². The summed E-state index contributed by atoms with van der Waals surface area (Å²) < 4.78 is 5.51. The first kappa shape index (κ1) is 17.5. The summed E-state index contributed by atoms with van der Waals surface area (Å²) in [5, 5.41) is 7.99. The first-order valence-electron chi connectivity index (χ1n) is 9.76. The van der Waals surface area contributed by atoms with Gasteiger partial charge in [0, 0.05) is 42.8 Å². The lowest BCUT2D eigenvalue weighted by molar-refractivity contribution is 0.148. The van der Waals surface area contributed by atoms with Crippen molar-refractivity contribution >= 4 is 5.69 Å². The molecule has 6 heteroatoms. The Morgan fingerprint density at radius 1 is 1.12 bits per heavy atom. The molecule has 3 atom stereocenters. The molecule has 1 aromatic carbocycles. The predicted octanol–water partition coefficient (Wildman–Crippen LogP) is 2.86. The highest BCUT2D eigenvalue weighted by Crippen LogP contribution is 2.37. The molecule has 4 N–H and O–H groups in total. The van der Waals surface area contributed by atoms with Crippen LogP contribution in [0.3, 0.4) is 0 Å². The summed E-state index contributed by atoms with van der Waals surface area (Å²) in [5.74, 6) is 1.62. The number of hydrogen-bond donors (Lipinski definition) is 2. The first-order chi connectivity index (χ1) is 12.6. The molecule has 1 aliphatic heterocycles. The zero-order chi connectivity index (χ0) is 18.1. The van der Waals surface area contributed by atoms with Crippen LogP contribution in [0.5, 0.6) is 0 Å². The van der Waals surface area contributed by atoms with Crippen molar-refractivity contribution in [3.8, 4) is 11.5 Å². The molecule has 0 spiro atoms. The Hall–Kier alpha value is -1.92. The second-order valence-electron chi connectivity index (χ2n) is 7.92. The van der Waals surface area contributed by atoms with Crippen molar-refractivity contribution < 1.29 is 4.42 Å². The van der Waals surface area contributed by atoms with Gasteiger partial charge in [-0.25, -0.2) is 0 Å². The Balaban J connectivity index is 1.49. The van der Waals surface area contributed by atoms with Crippen LogP contribution in [-0.2, 0) is 0 Å². The molecule has 2 aromatic rings. The smallest absolute Gasteiger partial charge is 0.247 e. The molecule has 3 unspecified atom stereocenters. The van der Waals surface area contributed by atoms with E-state index in [-0.39, 0.29) is 11.6 Å². The van der Waals surface area contributed by atoms with Gasteiger partial charge in [-0.15, -0.1) is 10.2 Å². The number of nitrogens with two attached hydrogens (primary N) is 2. The predicted molar refractivity (Wildman–Crippen MR) is 103 cm³/mol. The zero-order valence-electron chi connectivity index (χ0n) is 15.5. The number of aryl methyl sites for hydroxylation is 1. The maximum Gasteiger partial charge on any atom is 0.247 e. The van der Waals surface area contributed by atoms with Crippen molar-refractivity contribution in [2.75, 3.05) is 18.0 Å². The number of benzene rings is 1. The molecule has 1 aromatic heterocycles. The standard InChI is InChI=1S/C20H29N5O/c1-14-23-24-19(26-14)15-7-9-17(10-8-15)25-12-4-5-16(13-25)20(22)11-3-2-6-18(20)21/h7-10,16,18H,2-6,11-13,21-22H2,1H3. The number of rotatable bonds is 3. The van der Waals surface area contributed by atoms with E-state index >= 15 is 0 Å². The molecule has 1 saturated carbocycles. The third-order valence-electron chi connectivity index (χ3n) is 6.25. The largest absolute Gasteiger partial charge is 0.421 e. The molecule has 4 rings (SSSR count). The molecular weight excluding hydrogens is 326 g/mol. The van der Waals surface area contributed by atoms with Crippen LogP contribution in [0.2, 0.25) is 0 Å². The van der Waals surface area contributed by atoms with Gasteiger partial charge in [-0.2, -0.15) is 0 Å². The van der Waals surface area contributed by atoms with Crippen molar-refractivity contribution in [3.63, 3.8) is 0 Å². The van der Waals surface area contributed by atoms with Crippen LogP contribution in [0.4, 0.5) is 5.69 Å². The Labute approximate surface area is 154 Å². The van der Waals surface area contributed by atoms with Gasteiger partial charge in [-0.3, -0.25) is 0 Å². The maximum absolute atomic E-state index is 6.84. The number of anilines is 1. The SMILES string of the molecule is Cc1nnc(-c2ccc(N3CCCC(C4(N)CCCCC4N)C3)cc2)o1. The number of nitrogens with zero attached hydrogens (tertiary/aromatic N) is 3. The molecule has 1 aliphatic carbocycles. The lowest BCUT2D eigenvalue weighted by Gasteiger charge is -2.49. The summed E-state index contributed by atoms with van der Waals surface area (Å²) in [6, 6.07) is 8.51. The van der Waals surface area contributed by atoms with Crippen LogP contribution in [0.1, 0.15) is 44.4 Å². The maximum atomic E-state index is 6.84. The highest BCUT2D eigenvalue weighted by atomic mass is 16.4. The van der Waals surface area contributed by atoms with Gasteiger partial charge in [0.05, 0.1) is 0 Å². The summed E-state index contributed by atoms with van der Waals surface area (Å²) in [4.78, 5) is 2.45. The van der Waals surface area contributed by atoms with Crippen molar-refractivity contribution in [2.45, 2.75) is 57.0 Å². The van der Waals surface area contributed by atoms with Crippen LogP contribution < -0.4 is 16.4 Å². The summed E-state index contributed by atoms with van der Waals surface area (Å²) >= 11 is 0. The minimum atomic E-state index is -0.210. The zero-order valence-corrected chi connectivity index (χ0v) is 15.5. The van der Waals surface area contributed by atoms with Crippen LogP contribution in [0.15, 0.2) is 28.7 Å². The number of aromatic nitrogens is 2. The number of hydrogen-bond acceptors (Lipinski definition) is 6. The highest BCUT2D eigenvalue weighted by Gasteiger charge is 2.43. The molecule has 0 radical (unpaired) electrons. The van der Waals surface area contributed by atoms with Crippen molar-refractivity contribution in [1.82, 2.24) is 10.2 Å². The monoisotopic (exact) mass is 355 g/mol.